The second-order valence-corrected chi connectivity index (χ2v) is 5.11. The van der Waals surface area contributed by atoms with Gasteiger partial charge in [0.25, 0.3) is 5.69 Å². The van der Waals surface area contributed by atoms with Crippen molar-refractivity contribution in [3.8, 4) is 5.75 Å². The molecule has 1 N–H and O–H groups in total. The maximum atomic E-state index is 13.4. The molecule has 0 aliphatic heterocycles. The number of halogens is 2. The Morgan fingerprint density at radius 2 is 2.05 bits per heavy atom. The third kappa shape index (κ3) is 3.15. The van der Waals surface area contributed by atoms with Gasteiger partial charge in [-0.1, -0.05) is 29.4 Å². The minimum Gasteiger partial charge on any atom is -0.508 e. The van der Waals surface area contributed by atoms with E-state index in [0.29, 0.717) is 4.90 Å². The van der Waals surface area contributed by atoms with Crippen LogP contribution in [0.25, 0.3) is 0 Å². The fraction of sp³-hybridized carbons (Fsp3) is 0. The lowest BCUT2D eigenvalue weighted by Crippen LogP contribution is -1.92. The molecular weight excluding hydrogens is 293 g/mol. The number of nitrogens with zero attached hydrogens (tertiary/aromatic N) is 1. The molecule has 98 valence electrons. The Balaban J connectivity index is 2.44. The number of nitro benzene ring substituents is 1. The Morgan fingerprint density at radius 1 is 1.32 bits per heavy atom. The molecule has 0 amide bonds. The Hall–Kier alpha value is -1.79. The third-order valence-corrected chi connectivity index (χ3v) is 3.57. The monoisotopic (exact) mass is 299 g/mol. The second kappa shape index (κ2) is 5.46. The van der Waals surface area contributed by atoms with E-state index in [0.717, 1.165) is 23.9 Å². The van der Waals surface area contributed by atoms with Crippen molar-refractivity contribution in [2.75, 3.05) is 0 Å². The van der Waals surface area contributed by atoms with Crippen LogP contribution in [-0.2, 0) is 0 Å². The summed E-state index contributed by atoms with van der Waals surface area (Å²) >= 11 is 6.51. The van der Waals surface area contributed by atoms with Crippen LogP contribution in [-0.4, -0.2) is 10.0 Å². The number of nitro groups is 1. The number of rotatable bonds is 3. The van der Waals surface area contributed by atoms with Gasteiger partial charge in [-0.3, -0.25) is 10.1 Å². The van der Waals surface area contributed by atoms with E-state index in [4.69, 9.17) is 11.6 Å². The topological polar surface area (TPSA) is 63.4 Å². The lowest BCUT2D eigenvalue weighted by atomic mass is 10.3. The molecule has 4 nitrogen and oxygen atoms in total. The maximum absolute atomic E-state index is 13.4. The van der Waals surface area contributed by atoms with Crippen LogP contribution in [0.3, 0.4) is 0 Å². The van der Waals surface area contributed by atoms with E-state index < -0.39 is 10.7 Å². The summed E-state index contributed by atoms with van der Waals surface area (Å²) in [7, 11) is 0. The first-order chi connectivity index (χ1) is 8.97. The van der Waals surface area contributed by atoms with Gasteiger partial charge in [-0.15, -0.1) is 0 Å². The Morgan fingerprint density at radius 3 is 2.68 bits per heavy atom. The van der Waals surface area contributed by atoms with Crippen molar-refractivity contribution in [2.45, 2.75) is 9.79 Å². The van der Waals surface area contributed by atoms with Crippen LogP contribution in [0, 0.1) is 15.9 Å². The minimum absolute atomic E-state index is 0.0297. The molecule has 0 spiro atoms. The highest BCUT2D eigenvalue weighted by atomic mass is 35.5. The highest BCUT2D eigenvalue weighted by Crippen LogP contribution is 2.38. The third-order valence-electron chi connectivity index (χ3n) is 2.24. The number of phenolic OH excluding ortho intramolecular Hbond substituents is 1. The first-order valence-corrected chi connectivity index (χ1v) is 6.27. The molecule has 0 heterocycles. The SMILES string of the molecule is O=[N+]([O-])c1cc(Cl)c(F)cc1Sc1cccc(O)c1. The summed E-state index contributed by atoms with van der Waals surface area (Å²) in [5, 5.41) is 19.9. The largest absolute Gasteiger partial charge is 0.508 e. The zero-order chi connectivity index (χ0) is 14.0. The number of hydrogen-bond donors (Lipinski definition) is 1. The molecule has 2 aromatic rings. The van der Waals surface area contributed by atoms with Crippen LogP contribution < -0.4 is 0 Å². The summed E-state index contributed by atoms with van der Waals surface area (Å²) in [6, 6.07) is 8.13. The van der Waals surface area contributed by atoms with E-state index in [1.807, 2.05) is 0 Å². The molecular formula is C12H7ClFNO3S. The van der Waals surface area contributed by atoms with Gasteiger partial charge >= 0.3 is 0 Å². The minimum atomic E-state index is -0.727. The van der Waals surface area contributed by atoms with Gasteiger partial charge in [0.1, 0.15) is 11.6 Å². The molecule has 19 heavy (non-hydrogen) atoms. The lowest BCUT2D eigenvalue weighted by molar-refractivity contribution is -0.387. The van der Waals surface area contributed by atoms with Crippen LogP contribution in [0.2, 0.25) is 5.02 Å². The van der Waals surface area contributed by atoms with Gasteiger partial charge in [0.15, 0.2) is 0 Å². The summed E-state index contributed by atoms with van der Waals surface area (Å²) in [4.78, 5) is 11.0. The van der Waals surface area contributed by atoms with Crippen molar-refractivity contribution in [3.05, 3.63) is 57.4 Å². The van der Waals surface area contributed by atoms with Crippen LogP contribution in [0.15, 0.2) is 46.2 Å². The van der Waals surface area contributed by atoms with E-state index in [-0.39, 0.29) is 21.4 Å². The molecule has 0 bridgehead atoms. The standard InChI is InChI=1S/C12H7ClFNO3S/c13-9-5-11(15(17)18)12(6-10(9)14)19-8-3-1-2-7(16)4-8/h1-6,16H. The van der Waals surface area contributed by atoms with Crippen molar-refractivity contribution >= 4 is 29.1 Å². The summed E-state index contributed by atoms with van der Waals surface area (Å²) in [5.41, 5.74) is -0.278. The summed E-state index contributed by atoms with van der Waals surface area (Å²) in [6.07, 6.45) is 0. The van der Waals surface area contributed by atoms with E-state index in [2.05, 4.69) is 0 Å². The van der Waals surface area contributed by atoms with Gasteiger partial charge in [0, 0.05) is 11.0 Å². The van der Waals surface area contributed by atoms with Gasteiger partial charge < -0.3 is 5.11 Å². The lowest BCUT2D eigenvalue weighted by Gasteiger charge is -2.05. The van der Waals surface area contributed by atoms with E-state index >= 15 is 0 Å². The van der Waals surface area contributed by atoms with Crippen LogP contribution in [0.4, 0.5) is 10.1 Å². The van der Waals surface area contributed by atoms with E-state index in [9.17, 15) is 19.6 Å². The fourth-order valence-corrected chi connectivity index (χ4v) is 2.56. The molecule has 0 radical (unpaired) electrons. The smallest absolute Gasteiger partial charge is 0.284 e. The maximum Gasteiger partial charge on any atom is 0.284 e. The summed E-state index contributed by atoms with van der Waals surface area (Å²) in [5.74, 6) is -0.697. The Labute approximate surface area is 117 Å². The van der Waals surface area contributed by atoms with Crippen molar-refractivity contribution in [2.24, 2.45) is 0 Å². The molecule has 7 heteroatoms. The number of aromatic hydroxyl groups is 1. The average Bonchev–Trinajstić information content (AvgIpc) is 2.33. The molecule has 0 aromatic heterocycles. The molecule has 0 saturated carbocycles. The first-order valence-electron chi connectivity index (χ1n) is 5.07. The normalized spacial score (nSPS) is 10.4. The van der Waals surface area contributed by atoms with Crippen molar-refractivity contribution in [1.82, 2.24) is 0 Å². The molecule has 2 aromatic carbocycles. The van der Waals surface area contributed by atoms with Gasteiger partial charge in [0.2, 0.25) is 0 Å². The van der Waals surface area contributed by atoms with Gasteiger partial charge in [-0.05, 0) is 24.3 Å². The number of hydrogen-bond acceptors (Lipinski definition) is 4. The number of benzene rings is 2. The van der Waals surface area contributed by atoms with Crippen LogP contribution in [0.5, 0.6) is 5.75 Å². The van der Waals surface area contributed by atoms with Crippen LogP contribution in [0.1, 0.15) is 0 Å². The second-order valence-electron chi connectivity index (χ2n) is 3.59. The van der Waals surface area contributed by atoms with E-state index in [1.165, 1.54) is 12.1 Å². The van der Waals surface area contributed by atoms with Crippen LogP contribution >= 0.6 is 23.4 Å². The van der Waals surface area contributed by atoms with Gasteiger partial charge in [-0.25, -0.2) is 4.39 Å². The van der Waals surface area contributed by atoms with Gasteiger partial charge in [0.05, 0.1) is 14.8 Å². The molecule has 0 unspecified atom stereocenters. The summed E-state index contributed by atoms with van der Waals surface area (Å²) in [6.45, 7) is 0. The zero-order valence-electron chi connectivity index (χ0n) is 9.34. The molecule has 2 rings (SSSR count). The first kappa shape index (κ1) is 13.6. The van der Waals surface area contributed by atoms with Crippen molar-refractivity contribution in [3.63, 3.8) is 0 Å². The molecule has 0 aliphatic rings. The quantitative estimate of drug-likeness (QED) is 0.680. The highest BCUT2D eigenvalue weighted by molar-refractivity contribution is 7.99. The average molecular weight is 300 g/mol. The predicted molar refractivity (Wildman–Crippen MR) is 70.3 cm³/mol. The van der Waals surface area contributed by atoms with E-state index in [1.54, 1.807) is 12.1 Å². The highest BCUT2D eigenvalue weighted by Gasteiger charge is 2.18. The number of phenols is 1. The fourth-order valence-electron chi connectivity index (χ4n) is 1.42. The Bertz CT molecular complexity index is 651. The molecule has 0 fully saturated rings. The van der Waals surface area contributed by atoms with Crippen molar-refractivity contribution in [1.29, 1.82) is 0 Å². The van der Waals surface area contributed by atoms with Gasteiger partial charge in [-0.2, -0.15) is 0 Å². The molecule has 0 atom stereocenters. The van der Waals surface area contributed by atoms with Crippen molar-refractivity contribution < 1.29 is 14.4 Å². The molecule has 0 aliphatic carbocycles. The molecule has 0 saturated heterocycles. The predicted octanol–water partition coefficient (Wildman–Crippen LogP) is 4.24. The summed E-state index contributed by atoms with van der Waals surface area (Å²) < 4.78 is 13.4. The zero-order valence-corrected chi connectivity index (χ0v) is 10.9. The Kier molecular flexibility index (Phi) is 3.92.